The maximum absolute atomic E-state index is 12.9. The van der Waals surface area contributed by atoms with Crippen LogP contribution in [0.1, 0.15) is 5.56 Å². The predicted molar refractivity (Wildman–Crippen MR) is 61.9 cm³/mol. The van der Waals surface area contributed by atoms with Crippen molar-refractivity contribution in [2.45, 2.75) is 6.54 Å². The predicted octanol–water partition coefficient (Wildman–Crippen LogP) is 2.82. The first-order chi connectivity index (χ1) is 7.66. The summed E-state index contributed by atoms with van der Waals surface area (Å²) in [6.45, 7) is 0.560. The van der Waals surface area contributed by atoms with E-state index >= 15 is 0 Å². The molecule has 0 atom stereocenters. The molecule has 0 bridgehead atoms. The average molecular weight is 240 g/mol. The quantitative estimate of drug-likeness (QED) is 0.893. The van der Waals surface area contributed by atoms with Gasteiger partial charge in [0.2, 0.25) is 5.95 Å². The van der Waals surface area contributed by atoms with E-state index in [0.717, 1.165) is 11.5 Å². The molecule has 0 amide bonds. The van der Waals surface area contributed by atoms with Crippen LogP contribution >= 0.6 is 11.6 Å². The van der Waals surface area contributed by atoms with E-state index in [1.807, 2.05) is 17.8 Å². The Labute approximate surface area is 97.9 Å². The monoisotopic (exact) mass is 239 g/mol. The lowest BCUT2D eigenvalue weighted by Gasteiger charge is -2.06. The maximum atomic E-state index is 12.9. The van der Waals surface area contributed by atoms with E-state index in [1.165, 1.54) is 6.07 Å². The van der Waals surface area contributed by atoms with Crippen LogP contribution in [0.15, 0.2) is 30.6 Å². The van der Waals surface area contributed by atoms with Crippen LogP contribution in [0.2, 0.25) is 5.02 Å². The van der Waals surface area contributed by atoms with E-state index in [4.69, 9.17) is 11.6 Å². The smallest absolute Gasteiger partial charge is 0.202 e. The molecule has 1 aromatic carbocycles. The van der Waals surface area contributed by atoms with E-state index in [-0.39, 0.29) is 5.02 Å². The van der Waals surface area contributed by atoms with Crippen LogP contribution in [0.25, 0.3) is 0 Å². The third kappa shape index (κ3) is 2.33. The first kappa shape index (κ1) is 11.0. The van der Waals surface area contributed by atoms with Crippen LogP contribution in [0, 0.1) is 5.82 Å². The largest absolute Gasteiger partial charge is 0.352 e. The zero-order chi connectivity index (χ0) is 11.5. The standard InChI is InChI=1S/C11H11ClFN3/c1-16-5-4-14-11(16)15-7-8-2-3-10(13)9(12)6-8/h2-6H,7H2,1H3,(H,14,15). The first-order valence-electron chi connectivity index (χ1n) is 4.82. The highest BCUT2D eigenvalue weighted by atomic mass is 35.5. The first-order valence-corrected chi connectivity index (χ1v) is 5.20. The van der Waals surface area contributed by atoms with Crippen molar-refractivity contribution in [2.24, 2.45) is 7.05 Å². The number of nitrogens with one attached hydrogen (secondary N) is 1. The third-order valence-corrected chi connectivity index (χ3v) is 2.55. The minimum Gasteiger partial charge on any atom is -0.352 e. The lowest BCUT2D eigenvalue weighted by molar-refractivity contribution is 0.627. The Morgan fingerprint density at radius 1 is 1.50 bits per heavy atom. The molecule has 84 valence electrons. The van der Waals surface area contributed by atoms with Gasteiger partial charge in [-0.3, -0.25) is 0 Å². The second kappa shape index (κ2) is 4.53. The van der Waals surface area contributed by atoms with E-state index in [2.05, 4.69) is 10.3 Å². The molecular weight excluding hydrogens is 229 g/mol. The van der Waals surface area contributed by atoms with E-state index < -0.39 is 5.82 Å². The van der Waals surface area contributed by atoms with Crippen molar-refractivity contribution in [3.05, 3.63) is 47.0 Å². The molecule has 1 aromatic heterocycles. The molecule has 1 heterocycles. The number of halogens is 2. The molecule has 0 saturated heterocycles. The third-order valence-electron chi connectivity index (χ3n) is 2.26. The van der Waals surface area contributed by atoms with Crippen molar-refractivity contribution >= 4 is 17.5 Å². The number of rotatable bonds is 3. The molecule has 0 fully saturated rings. The molecule has 0 aliphatic carbocycles. The lowest BCUT2D eigenvalue weighted by Crippen LogP contribution is -2.04. The number of benzene rings is 1. The molecule has 16 heavy (non-hydrogen) atoms. The Hall–Kier alpha value is -1.55. The van der Waals surface area contributed by atoms with Gasteiger partial charge >= 0.3 is 0 Å². The summed E-state index contributed by atoms with van der Waals surface area (Å²) < 4.78 is 14.8. The Bertz CT molecular complexity index is 496. The highest BCUT2D eigenvalue weighted by Gasteiger charge is 2.02. The number of hydrogen-bond acceptors (Lipinski definition) is 2. The van der Waals surface area contributed by atoms with Crippen LogP contribution in [0.5, 0.6) is 0 Å². The molecule has 0 unspecified atom stereocenters. The molecule has 0 radical (unpaired) electrons. The molecule has 0 saturated carbocycles. The van der Waals surface area contributed by atoms with Gasteiger partial charge in [-0.15, -0.1) is 0 Å². The number of imidazole rings is 1. The summed E-state index contributed by atoms with van der Waals surface area (Å²) in [7, 11) is 1.90. The van der Waals surface area contributed by atoms with Gasteiger partial charge in [-0.25, -0.2) is 9.37 Å². The summed E-state index contributed by atoms with van der Waals surface area (Å²) in [4.78, 5) is 4.12. The highest BCUT2D eigenvalue weighted by Crippen LogP contribution is 2.16. The summed E-state index contributed by atoms with van der Waals surface area (Å²) in [5.74, 6) is 0.364. The van der Waals surface area contributed by atoms with Crippen LogP contribution < -0.4 is 5.32 Å². The molecule has 2 rings (SSSR count). The van der Waals surface area contributed by atoms with Crippen molar-refractivity contribution in [3.8, 4) is 0 Å². The van der Waals surface area contributed by atoms with Gasteiger partial charge in [-0.2, -0.15) is 0 Å². The van der Waals surface area contributed by atoms with Crippen molar-refractivity contribution in [1.29, 1.82) is 0 Å². The van der Waals surface area contributed by atoms with Crippen molar-refractivity contribution in [3.63, 3.8) is 0 Å². The van der Waals surface area contributed by atoms with Crippen LogP contribution in [-0.4, -0.2) is 9.55 Å². The van der Waals surface area contributed by atoms with Gasteiger partial charge in [0, 0.05) is 26.0 Å². The second-order valence-corrected chi connectivity index (χ2v) is 3.87. The van der Waals surface area contributed by atoms with E-state index in [0.29, 0.717) is 6.54 Å². The Kier molecular flexibility index (Phi) is 3.10. The van der Waals surface area contributed by atoms with E-state index in [1.54, 1.807) is 18.3 Å². The zero-order valence-electron chi connectivity index (χ0n) is 8.74. The molecule has 0 aliphatic rings. The lowest BCUT2D eigenvalue weighted by atomic mass is 10.2. The van der Waals surface area contributed by atoms with Gasteiger partial charge in [-0.05, 0) is 17.7 Å². The van der Waals surface area contributed by atoms with Gasteiger partial charge in [-0.1, -0.05) is 17.7 Å². The summed E-state index contributed by atoms with van der Waals surface area (Å²) in [6.07, 6.45) is 3.56. The number of aromatic nitrogens is 2. The maximum Gasteiger partial charge on any atom is 0.202 e. The van der Waals surface area contributed by atoms with Gasteiger partial charge in [0.05, 0.1) is 5.02 Å². The minimum absolute atomic E-state index is 0.138. The number of nitrogens with zero attached hydrogens (tertiary/aromatic N) is 2. The molecule has 0 aliphatic heterocycles. The molecule has 3 nitrogen and oxygen atoms in total. The summed E-state index contributed by atoms with van der Waals surface area (Å²) >= 11 is 5.68. The minimum atomic E-state index is -0.401. The molecule has 2 aromatic rings. The van der Waals surface area contributed by atoms with Crippen molar-refractivity contribution < 1.29 is 4.39 Å². The van der Waals surface area contributed by atoms with Gasteiger partial charge in [0.1, 0.15) is 5.82 Å². The molecule has 0 spiro atoms. The van der Waals surface area contributed by atoms with Gasteiger partial charge in [0.15, 0.2) is 0 Å². The fourth-order valence-corrected chi connectivity index (χ4v) is 1.57. The van der Waals surface area contributed by atoms with Gasteiger partial charge in [0.25, 0.3) is 0 Å². The Balaban J connectivity index is 2.05. The average Bonchev–Trinajstić information content (AvgIpc) is 2.66. The molecular formula is C11H11ClFN3. The fourth-order valence-electron chi connectivity index (χ4n) is 1.37. The number of hydrogen-bond donors (Lipinski definition) is 1. The van der Waals surface area contributed by atoms with Crippen LogP contribution in [0.3, 0.4) is 0 Å². The molecule has 5 heteroatoms. The topological polar surface area (TPSA) is 29.9 Å². The zero-order valence-corrected chi connectivity index (χ0v) is 9.50. The number of anilines is 1. The summed E-state index contributed by atoms with van der Waals surface area (Å²) in [5, 5.41) is 3.26. The highest BCUT2D eigenvalue weighted by molar-refractivity contribution is 6.30. The van der Waals surface area contributed by atoms with E-state index in [9.17, 15) is 4.39 Å². The summed E-state index contributed by atoms with van der Waals surface area (Å²) in [6, 6.07) is 4.65. The van der Waals surface area contributed by atoms with Crippen molar-refractivity contribution in [1.82, 2.24) is 9.55 Å². The van der Waals surface area contributed by atoms with Crippen molar-refractivity contribution in [2.75, 3.05) is 5.32 Å². The van der Waals surface area contributed by atoms with Gasteiger partial charge < -0.3 is 9.88 Å². The normalized spacial score (nSPS) is 10.4. The van der Waals surface area contributed by atoms with Crippen LogP contribution in [0.4, 0.5) is 10.3 Å². The van der Waals surface area contributed by atoms with Crippen LogP contribution in [-0.2, 0) is 13.6 Å². The Morgan fingerprint density at radius 2 is 2.31 bits per heavy atom. The summed E-state index contributed by atoms with van der Waals surface area (Å²) in [5.41, 5.74) is 0.911. The SMILES string of the molecule is Cn1ccnc1NCc1ccc(F)c(Cl)c1. The second-order valence-electron chi connectivity index (χ2n) is 3.46. The Morgan fingerprint density at radius 3 is 2.94 bits per heavy atom. The molecule has 1 N–H and O–H groups in total. The fraction of sp³-hybridized carbons (Fsp3) is 0.182. The number of aryl methyl sites for hydroxylation is 1.